The molecule has 0 radical (unpaired) electrons. The van der Waals surface area contributed by atoms with Crippen molar-refractivity contribution in [3.05, 3.63) is 23.8 Å². The highest BCUT2D eigenvalue weighted by Gasteiger charge is 2.10. The van der Waals surface area contributed by atoms with Crippen LogP contribution in [0.2, 0.25) is 0 Å². The van der Waals surface area contributed by atoms with Gasteiger partial charge in [-0.3, -0.25) is 4.79 Å². The highest BCUT2D eigenvalue weighted by atomic mass is 16.5. The predicted molar refractivity (Wildman–Crippen MR) is 69.6 cm³/mol. The number of hydrogen-bond donors (Lipinski definition) is 0. The van der Waals surface area contributed by atoms with Gasteiger partial charge in [0.15, 0.2) is 11.5 Å². The lowest BCUT2D eigenvalue weighted by Crippen LogP contribution is -2.22. The second kappa shape index (κ2) is 6.40. The van der Waals surface area contributed by atoms with E-state index < -0.39 is 0 Å². The molecule has 18 heavy (non-hydrogen) atoms. The minimum Gasteiger partial charge on any atom is -0.493 e. The average Bonchev–Trinajstić information content (AvgIpc) is 2.33. The smallest absolute Gasteiger partial charge is 0.161 e. The molecule has 4 heteroatoms. The summed E-state index contributed by atoms with van der Waals surface area (Å²) in [6.45, 7) is 6.86. The van der Waals surface area contributed by atoms with Crippen LogP contribution in [0, 0.1) is 0 Å². The largest absolute Gasteiger partial charge is 0.493 e. The van der Waals surface area contributed by atoms with Gasteiger partial charge in [0.1, 0.15) is 12.9 Å². The van der Waals surface area contributed by atoms with Gasteiger partial charge in [-0.1, -0.05) is 0 Å². The van der Waals surface area contributed by atoms with Crippen LogP contribution in [0.15, 0.2) is 18.2 Å². The predicted octanol–water partition coefficient (Wildman–Crippen LogP) is 2.70. The van der Waals surface area contributed by atoms with Crippen molar-refractivity contribution < 1.29 is 19.0 Å². The monoisotopic (exact) mass is 252 g/mol. The van der Waals surface area contributed by atoms with Crippen LogP contribution >= 0.6 is 0 Å². The van der Waals surface area contributed by atoms with Crippen molar-refractivity contribution >= 4 is 6.29 Å². The molecular weight excluding hydrogens is 232 g/mol. The molecule has 100 valence electrons. The minimum absolute atomic E-state index is 0.182. The second-order valence-electron chi connectivity index (χ2n) is 4.84. The molecule has 0 saturated heterocycles. The maximum atomic E-state index is 10.7. The van der Waals surface area contributed by atoms with E-state index >= 15 is 0 Å². The Hall–Kier alpha value is -1.55. The molecule has 0 bridgehead atoms. The van der Waals surface area contributed by atoms with Crippen LogP contribution in [0.25, 0.3) is 0 Å². The van der Waals surface area contributed by atoms with Crippen molar-refractivity contribution in [1.29, 1.82) is 0 Å². The van der Waals surface area contributed by atoms with E-state index in [1.807, 2.05) is 20.8 Å². The molecular formula is C14H20O4. The van der Waals surface area contributed by atoms with Gasteiger partial charge in [-0.2, -0.15) is 0 Å². The van der Waals surface area contributed by atoms with Gasteiger partial charge in [0.25, 0.3) is 0 Å². The average molecular weight is 252 g/mol. The zero-order valence-electron chi connectivity index (χ0n) is 11.4. The lowest BCUT2D eigenvalue weighted by atomic mass is 10.2. The Morgan fingerprint density at radius 1 is 1.17 bits per heavy atom. The fraction of sp³-hybridized carbons (Fsp3) is 0.500. The van der Waals surface area contributed by atoms with Crippen molar-refractivity contribution in [2.45, 2.75) is 26.4 Å². The fourth-order valence-electron chi connectivity index (χ4n) is 1.38. The molecule has 1 rings (SSSR count). The van der Waals surface area contributed by atoms with Gasteiger partial charge < -0.3 is 14.2 Å². The van der Waals surface area contributed by atoms with Crippen LogP contribution in [0.3, 0.4) is 0 Å². The van der Waals surface area contributed by atoms with E-state index in [0.29, 0.717) is 30.3 Å². The Balaban J connectivity index is 2.57. The topological polar surface area (TPSA) is 44.8 Å². The summed E-state index contributed by atoms with van der Waals surface area (Å²) in [6, 6.07) is 5.05. The van der Waals surface area contributed by atoms with Crippen LogP contribution in [-0.2, 0) is 4.74 Å². The van der Waals surface area contributed by atoms with Gasteiger partial charge in [-0.15, -0.1) is 0 Å². The summed E-state index contributed by atoms with van der Waals surface area (Å²) >= 11 is 0. The van der Waals surface area contributed by atoms with Crippen LogP contribution in [0.5, 0.6) is 11.5 Å². The number of methoxy groups -OCH3 is 1. The minimum atomic E-state index is -0.182. The van der Waals surface area contributed by atoms with E-state index in [1.165, 1.54) is 0 Å². The van der Waals surface area contributed by atoms with Crippen molar-refractivity contribution in [3.8, 4) is 11.5 Å². The first-order valence-electron chi connectivity index (χ1n) is 5.86. The third-order valence-corrected chi connectivity index (χ3v) is 2.20. The van der Waals surface area contributed by atoms with E-state index in [2.05, 4.69) is 0 Å². The number of ether oxygens (including phenoxy) is 3. The number of aldehydes is 1. The molecule has 0 fully saturated rings. The summed E-state index contributed by atoms with van der Waals surface area (Å²) in [4.78, 5) is 10.7. The number of carbonyl (C=O) groups excluding carboxylic acids is 1. The Morgan fingerprint density at radius 2 is 1.89 bits per heavy atom. The Kier molecular flexibility index (Phi) is 5.16. The van der Waals surface area contributed by atoms with Crippen molar-refractivity contribution in [1.82, 2.24) is 0 Å². The van der Waals surface area contributed by atoms with Gasteiger partial charge >= 0.3 is 0 Å². The third kappa shape index (κ3) is 4.75. The lowest BCUT2D eigenvalue weighted by molar-refractivity contribution is -0.0165. The summed E-state index contributed by atoms with van der Waals surface area (Å²) in [5, 5.41) is 0. The Morgan fingerprint density at radius 3 is 2.44 bits per heavy atom. The van der Waals surface area contributed by atoms with E-state index in [0.717, 1.165) is 6.29 Å². The van der Waals surface area contributed by atoms with E-state index in [4.69, 9.17) is 14.2 Å². The van der Waals surface area contributed by atoms with Crippen LogP contribution in [0.1, 0.15) is 31.1 Å². The molecule has 0 saturated carbocycles. The van der Waals surface area contributed by atoms with Crippen LogP contribution < -0.4 is 9.47 Å². The molecule has 0 atom stereocenters. The first-order chi connectivity index (χ1) is 8.46. The van der Waals surface area contributed by atoms with Crippen molar-refractivity contribution in [2.75, 3.05) is 20.3 Å². The molecule has 0 spiro atoms. The summed E-state index contributed by atoms with van der Waals surface area (Å²) in [5.41, 5.74) is 0.375. The van der Waals surface area contributed by atoms with Gasteiger partial charge in [0.05, 0.1) is 19.3 Å². The van der Waals surface area contributed by atoms with Gasteiger partial charge in [-0.25, -0.2) is 0 Å². The third-order valence-electron chi connectivity index (χ3n) is 2.20. The highest BCUT2D eigenvalue weighted by molar-refractivity contribution is 5.76. The molecule has 1 aromatic carbocycles. The van der Waals surface area contributed by atoms with Crippen LogP contribution in [0.4, 0.5) is 0 Å². The molecule has 0 unspecified atom stereocenters. The molecule has 0 aliphatic heterocycles. The Labute approximate surface area is 108 Å². The molecule has 0 N–H and O–H groups in total. The molecule has 4 nitrogen and oxygen atoms in total. The number of carbonyl (C=O) groups is 1. The molecule has 0 aliphatic carbocycles. The molecule has 0 aliphatic rings. The van der Waals surface area contributed by atoms with Gasteiger partial charge in [-0.05, 0) is 39.0 Å². The van der Waals surface area contributed by atoms with Crippen molar-refractivity contribution in [3.63, 3.8) is 0 Å². The van der Waals surface area contributed by atoms with E-state index in [-0.39, 0.29) is 5.60 Å². The standard InChI is InChI=1S/C14H20O4/c1-14(2,3)18-8-7-17-13-9-11(10-15)5-6-12(13)16-4/h5-6,9-10H,7-8H2,1-4H3. The fourth-order valence-corrected chi connectivity index (χ4v) is 1.38. The lowest BCUT2D eigenvalue weighted by Gasteiger charge is -2.19. The first-order valence-corrected chi connectivity index (χ1v) is 5.86. The zero-order chi connectivity index (χ0) is 13.6. The maximum Gasteiger partial charge on any atom is 0.161 e. The number of hydrogen-bond acceptors (Lipinski definition) is 4. The molecule has 0 aromatic heterocycles. The van der Waals surface area contributed by atoms with Gasteiger partial charge in [0.2, 0.25) is 0 Å². The quantitative estimate of drug-likeness (QED) is 0.577. The van der Waals surface area contributed by atoms with Crippen LogP contribution in [-0.4, -0.2) is 32.2 Å². The maximum absolute atomic E-state index is 10.7. The number of rotatable bonds is 6. The summed E-state index contributed by atoms with van der Waals surface area (Å²) in [7, 11) is 1.56. The number of benzene rings is 1. The Bertz CT molecular complexity index is 393. The summed E-state index contributed by atoms with van der Waals surface area (Å²) in [5.74, 6) is 1.16. The zero-order valence-corrected chi connectivity index (χ0v) is 11.4. The summed E-state index contributed by atoms with van der Waals surface area (Å²) in [6.07, 6.45) is 0.776. The van der Waals surface area contributed by atoms with E-state index in [9.17, 15) is 4.79 Å². The molecule has 0 heterocycles. The molecule has 1 aromatic rings. The van der Waals surface area contributed by atoms with Crippen molar-refractivity contribution in [2.24, 2.45) is 0 Å². The second-order valence-corrected chi connectivity index (χ2v) is 4.84. The summed E-state index contributed by atoms with van der Waals surface area (Å²) < 4.78 is 16.3. The highest BCUT2D eigenvalue weighted by Crippen LogP contribution is 2.27. The normalized spacial score (nSPS) is 11.1. The first kappa shape index (κ1) is 14.5. The van der Waals surface area contributed by atoms with E-state index in [1.54, 1.807) is 25.3 Å². The SMILES string of the molecule is COc1ccc(C=O)cc1OCCOC(C)(C)C. The van der Waals surface area contributed by atoms with Gasteiger partial charge in [0, 0.05) is 5.56 Å². The molecule has 0 amide bonds.